The van der Waals surface area contributed by atoms with Crippen LogP contribution < -0.4 is 5.32 Å². The van der Waals surface area contributed by atoms with Crippen LogP contribution in [-0.2, 0) is 16.6 Å². The van der Waals surface area contributed by atoms with Crippen LogP contribution in [0.1, 0.15) is 5.56 Å². The Labute approximate surface area is 130 Å². The molecule has 2 aromatic rings. The molecule has 0 fully saturated rings. The average Bonchev–Trinajstić information content (AvgIpc) is 2.46. The van der Waals surface area contributed by atoms with Crippen LogP contribution in [0.4, 0.5) is 5.69 Å². The summed E-state index contributed by atoms with van der Waals surface area (Å²) in [7, 11) is -0.375. The van der Waals surface area contributed by atoms with Crippen molar-refractivity contribution in [3.63, 3.8) is 0 Å². The van der Waals surface area contributed by atoms with Crippen LogP contribution >= 0.6 is 11.6 Å². The van der Waals surface area contributed by atoms with E-state index in [1.165, 1.54) is 18.4 Å². The number of sulfonamides is 1. The summed E-state index contributed by atoms with van der Waals surface area (Å²) in [6, 6.07) is 14.3. The second kappa shape index (κ2) is 6.47. The van der Waals surface area contributed by atoms with Gasteiger partial charge in [0.1, 0.15) is 0 Å². The van der Waals surface area contributed by atoms with Crippen LogP contribution in [0.15, 0.2) is 53.4 Å². The standard InChI is InChI=1S/C15H17ClN2O2S/c1-18(2)21(19,20)13-7-5-6-12(10-13)11-17-15-9-4-3-8-14(15)16/h3-10,17H,11H2,1-2H3. The number of nitrogens with zero attached hydrogens (tertiary/aromatic N) is 1. The predicted octanol–water partition coefficient (Wildman–Crippen LogP) is 3.20. The number of benzene rings is 2. The lowest BCUT2D eigenvalue weighted by atomic mass is 10.2. The monoisotopic (exact) mass is 324 g/mol. The lowest BCUT2D eigenvalue weighted by Crippen LogP contribution is -2.22. The Balaban J connectivity index is 2.18. The molecule has 0 radical (unpaired) electrons. The van der Waals surface area contributed by atoms with Crippen LogP contribution in [0.3, 0.4) is 0 Å². The molecule has 0 aliphatic heterocycles. The van der Waals surface area contributed by atoms with E-state index in [4.69, 9.17) is 11.6 Å². The van der Waals surface area contributed by atoms with Crippen molar-refractivity contribution in [3.05, 3.63) is 59.1 Å². The molecule has 0 unspecified atom stereocenters. The predicted molar refractivity (Wildman–Crippen MR) is 86.1 cm³/mol. The van der Waals surface area contributed by atoms with Gasteiger partial charge in [-0.2, -0.15) is 0 Å². The van der Waals surface area contributed by atoms with E-state index >= 15 is 0 Å². The van der Waals surface area contributed by atoms with Gasteiger partial charge in [-0.1, -0.05) is 35.9 Å². The van der Waals surface area contributed by atoms with E-state index in [1.807, 2.05) is 24.3 Å². The molecular formula is C15H17ClN2O2S. The summed E-state index contributed by atoms with van der Waals surface area (Å²) >= 11 is 6.07. The smallest absolute Gasteiger partial charge is 0.242 e. The highest BCUT2D eigenvalue weighted by Crippen LogP contribution is 2.22. The second-order valence-electron chi connectivity index (χ2n) is 4.77. The van der Waals surface area contributed by atoms with Gasteiger partial charge in [0.2, 0.25) is 10.0 Å². The SMILES string of the molecule is CN(C)S(=O)(=O)c1cccc(CNc2ccccc2Cl)c1. The molecule has 21 heavy (non-hydrogen) atoms. The summed E-state index contributed by atoms with van der Waals surface area (Å²) in [4.78, 5) is 0.283. The van der Waals surface area contributed by atoms with Crippen molar-refractivity contribution in [1.82, 2.24) is 4.31 Å². The number of para-hydroxylation sites is 1. The molecule has 0 aliphatic rings. The summed E-state index contributed by atoms with van der Waals surface area (Å²) in [5.74, 6) is 0. The molecule has 0 heterocycles. The fraction of sp³-hybridized carbons (Fsp3) is 0.200. The van der Waals surface area contributed by atoms with Crippen LogP contribution in [0.5, 0.6) is 0 Å². The Bertz CT molecular complexity index is 730. The van der Waals surface area contributed by atoms with Gasteiger partial charge < -0.3 is 5.32 Å². The van der Waals surface area contributed by atoms with E-state index < -0.39 is 10.0 Å². The fourth-order valence-electron chi connectivity index (χ4n) is 1.83. The van der Waals surface area contributed by atoms with Gasteiger partial charge in [0.25, 0.3) is 0 Å². The third-order valence-corrected chi connectivity index (χ3v) is 5.17. The molecule has 0 aliphatic carbocycles. The van der Waals surface area contributed by atoms with Crippen LogP contribution in [0.25, 0.3) is 0 Å². The Morgan fingerprint density at radius 2 is 1.81 bits per heavy atom. The summed E-state index contributed by atoms with van der Waals surface area (Å²) in [6.07, 6.45) is 0. The Hall–Kier alpha value is -1.56. The number of anilines is 1. The van der Waals surface area contributed by atoms with E-state index in [-0.39, 0.29) is 4.90 Å². The summed E-state index contributed by atoms with van der Waals surface area (Å²) in [6.45, 7) is 0.501. The summed E-state index contributed by atoms with van der Waals surface area (Å²) in [5, 5.41) is 3.83. The zero-order chi connectivity index (χ0) is 15.5. The van der Waals surface area contributed by atoms with E-state index in [0.29, 0.717) is 11.6 Å². The highest BCUT2D eigenvalue weighted by Gasteiger charge is 2.17. The highest BCUT2D eigenvalue weighted by atomic mass is 35.5. The van der Waals surface area contributed by atoms with Crippen molar-refractivity contribution in [1.29, 1.82) is 0 Å². The van der Waals surface area contributed by atoms with Crippen LogP contribution in [0.2, 0.25) is 5.02 Å². The fourth-order valence-corrected chi connectivity index (χ4v) is 3.00. The maximum absolute atomic E-state index is 12.1. The molecule has 0 atom stereocenters. The molecule has 6 heteroatoms. The average molecular weight is 325 g/mol. The van der Waals surface area contributed by atoms with Crippen molar-refractivity contribution in [2.45, 2.75) is 11.4 Å². The Kier molecular flexibility index (Phi) is 4.88. The maximum Gasteiger partial charge on any atom is 0.242 e. The van der Waals surface area contributed by atoms with Gasteiger partial charge in [-0.15, -0.1) is 0 Å². The van der Waals surface area contributed by atoms with E-state index in [1.54, 1.807) is 24.3 Å². The number of nitrogens with one attached hydrogen (secondary N) is 1. The number of hydrogen-bond acceptors (Lipinski definition) is 3. The van der Waals surface area contributed by atoms with Gasteiger partial charge in [0.15, 0.2) is 0 Å². The molecule has 0 saturated carbocycles. The normalized spacial score (nSPS) is 11.6. The minimum Gasteiger partial charge on any atom is -0.380 e. The van der Waals surface area contributed by atoms with Gasteiger partial charge in [-0.05, 0) is 29.8 Å². The van der Waals surface area contributed by atoms with E-state index in [9.17, 15) is 8.42 Å². The molecule has 0 amide bonds. The summed E-state index contributed by atoms with van der Waals surface area (Å²) < 4.78 is 25.4. The molecular weight excluding hydrogens is 308 g/mol. The quantitative estimate of drug-likeness (QED) is 0.918. The molecule has 0 saturated heterocycles. The third kappa shape index (κ3) is 3.75. The van der Waals surface area contributed by atoms with Crippen molar-refractivity contribution >= 4 is 27.3 Å². The van der Waals surface area contributed by atoms with Gasteiger partial charge in [0.05, 0.1) is 15.6 Å². The highest BCUT2D eigenvalue weighted by molar-refractivity contribution is 7.89. The molecule has 1 N–H and O–H groups in total. The summed E-state index contributed by atoms with van der Waals surface area (Å²) in [5.41, 5.74) is 1.69. The number of rotatable bonds is 5. The molecule has 2 rings (SSSR count). The van der Waals surface area contributed by atoms with Crippen molar-refractivity contribution < 1.29 is 8.42 Å². The Morgan fingerprint density at radius 1 is 1.10 bits per heavy atom. The van der Waals surface area contributed by atoms with Crippen LogP contribution in [0, 0.1) is 0 Å². The lowest BCUT2D eigenvalue weighted by molar-refractivity contribution is 0.520. The topological polar surface area (TPSA) is 49.4 Å². The van der Waals surface area contributed by atoms with Crippen LogP contribution in [-0.4, -0.2) is 26.8 Å². The largest absolute Gasteiger partial charge is 0.380 e. The maximum atomic E-state index is 12.1. The second-order valence-corrected chi connectivity index (χ2v) is 7.33. The van der Waals surface area contributed by atoms with E-state index in [2.05, 4.69) is 5.32 Å². The van der Waals surface area contributed by atoms with Crippen molar-refractivity contribution in [3.8, 4) is 0 Å². The molecule has 112 valence electrons. The molecule has 4 nitrogen and oxygen atoms in total. The minimum atomic E-state index is -3.41. The van der Waals surface area contributed by atoms with Gasteiger partial charge in [0, 0.05) is 20.6 Å². The molecule has 0 bridgehead atoms. The first-order valence-corrected chi connectivity index (χ1v) is 8.23. The van der Waals surface area contributed by atoms with E-state index in [0.717, 1.165) is 11.3 Å². The molecule has 0 aromatic heterocycles. The first kappa shape index (κ1) is 15.8. The first-order chi connectivity index (χ1) is 9.91. The van der Waals surface area contributed by atoms with Crippen molar-refractivity contribution in [2.75, 3.05) is 19.4 Å². The minimum absolute atomic E-state index is 0.283. The number of hydrogen-bond donors (Lipinski definition) is 1. The molecule has 0 spiro atoms. The third-order valence-electron chi connectivity index (χ3n) is 3.03. The Morgan fingerprint density at radius 3 is 2.48 bits per heavy atom. The zero-order valence-electron chi connectivity index (χ0n) is 11.9. The van der Waals surface area contributed by atoms with Gasteiger partial charge >= 0.3 is 0 Å². The zero-order valence-corrected chi connectivity index (χ0v) is 13.4. The lowest BCUT2D eigenvalue weighted by Gasteiger charge is -2.13. The first-order valence-electron chi connectivity index (χ1n) is 6.41. The molecule has 2 aromatic carbocycles. The van der Waals surface area contributed by atoms with Gasteiger partial charge in [-0.3, -0.25) is 0 Å². The van der Waals surface area contributed by atoms with Gasteiger partial charge in [-0.25, -0.2) is 12.7 Å². The number of halogens is 1. The van der Waals surface area contributed by atoms with Crippen molar-refractivity contribution in [2.24, 2.45) is 0 Å².